The molecule has 0 spiro atoms. The van der Waals surface area contributed by atoms with Gasteiger partial charge in [0.2, 0.25) is 11.8 Å². The summed E-state index contributed by atoms with van der Waals surface area (Å²) in [5.41, 5.74) is 5.26. The number of thioether (sulfide) groups is 1. The van der Waals surface area contributed by atoms with E-state index in [9.17, 15) is 24.0 Å². The number of carbonyl (C=O) groups excluding carboxylic acids is 3. The Morgan fingerprint density at radius 3 is 2.26 bits per heavy atom. The minimum absolute atomic E-state index is 0.0719. The Morgan fingerprint density at radius 2 is 1.78 bits per heavy atom. The zero-order chi connectivity index (χ0) is 18.0. The lowest BCUT2D eigenvalue weighted by Gasteiger charge is -2.17. The van der Waals surface area contributed by atoms with Crippen LogP contribution in [0.25, 0.3) is 0 Å². The van der Waals surface area contributed by atoms with Gasteiger partial charge >= 0.3 is 11.9 Å². The summed E-state index contributed by atoms with van der Waals surface area (Å²) in [5, 5.41) is 21.3. The largest absolute Gasteiger partial charge is 0.480 e. The van der Waals surface area contributed by atoms with Crippen LogP contribution < -0.4 is 16.4 Å². The number of rotatable bonds is 10. The summed E-state index contributed by atoms with van der Waals surface area (Å²) < 4.78 is 0. The van der Waals surface area contributed by atoms with E-state index in [0.717, 1.165) is 11.8 Å². The van der Waals surface area contributed by atoms with Crippen LogP contribution in [-0.2, 0) is 24.0 Å². The lowest BCUT2D eigenvalue weighted by Crippen LogP contribution is -2.49. The summed E-state index contributed by atoms with van der Waals surface area (Å²) in [6.45, 7) is 0.657. The molecule has 0 aliphatic carbocycles. The van der Waals surface area contributed by atoms with E-state index in [-0.39, 0.29) is 23.7 Å². The van der Waals surface area contributed by atoms with Crippen molar-refractivity contribution in [1.82, 2.24) is 10.6 Å². The number of nitrogens with two attached hydrogens (primary N) is 1. The molecule has 0 fully saturated rings. The van der Waals surface area contributed by atoms with Gasteiger partial charge in [0.25, 0.3) is 0 Å². The van der Waals surface area contributed by atoms with Crippen LogP contribution in [0.4, 0.5) is 0 Å². The SMILES string of the molecule is CC(=O)SC[C@@H](NC(=O)CCC(N)C(=O)O)C(=O)NCC(=O)O. The van der Waals surface area contributed by atoms with Gasteiger partial charge in [-0.2, -0.15) is 0 Å². The minimum Gasteiger partial charge on any atom is -0.480 e. The Kier molecular flexibility index (Phi) is 9.58. The lowest BCUT2D eigenvalue weighted by atomic mass is 10.1. The molecule has 0 bridgehead atoms. The van der Waals surface area contributed by atoms with Crippen molar-refractivity contribution >= 4 is 40.6 Å². The molecule has 6 N–H and O–H groups in total. The maximum atomic E-state index is 11.8. The second-order valence-electron chi connectivity index (χ2n) is 4.52. The Bertz CT molecular complexity index is 483. The van der Waals surface area contributed by atoms with E-state index < -0.39 is 42.4 Å². The van der Waals surface area contributed by atoms with Gasteiger partial charge < -0.3 is 26.6 Å². The van der Waals surface area contributed by atoms with Gasteiger partial charge in [0.15, 0.2) is 5.12 Å². The maximum absolute atomic E-state index is 11.8. The second-order valence-corrected chi connectivity index (χ2v) is 5.71. The molecule has 0 aromatic carbocycles. The third-order valence-electron chi connectivity index (χ3n) is 2.52. The maximum Gasteiger partial charge on any atom is 0.322 e. The van der Waals surface area contributed by atoms with Crippen molar-refractivity contribution in [2.45, 2.75) is 31.8 Å². The molecule has 130 valence electrons. The third-order valence-corrected chi connectivity index (χ3v) is 3.42. The molecular formula is C12H19N3O7S. The van der Waals surface area contributed by atoms with Crippen LogP contribution in [0.2, 0.25) is 0 Å². The number of aliphatic carboxylic acids is 2. The van der Waals surface area contributed by atoms with Gasteiger partial charge in [0.05, 0.1) is 0 Å². The van der Waals surface area contributed by atoms with E-state index in [2.05, 4.69) is 10.6 Å². The van der Waals surface area contributed by atoms with E-state index in [4.69, 9.17) is 15.9 Å². The molecule has 0 radical (unpaired) electrons. The number of carbonyl (C=O) groups is 5. The lowest BCUT2D eigenvalue weighted by molar-refractivity contribution is -0.139. The van der Waals surface area contributed by atoms with Gasteiger partial charge in [-0.05, 0) is 6.42 Å². The minimum atomic E-state index is -1.25. The number of amides is 2. The molecule has 0 saturated heterocycles. The Balaban J connectivity index is 4.57. The van der Waals surface area contributed by atoms with Crippen LogP contribution in [0.5, 0.6) is 0 Å². The topological polar surface area (TPSA) is 176 Å². The highest BCUT2D eigenvalue weighted by Gasteiger charge is 2.23. The summed E-state index contributed by atoms with van der Waals surface area (Å²) in [5.74, 6) is -3.95. The fourth-order valence-corrected chi connectivity index (χ4v) is 1.98. The zero-order valence-corrected chi connectivity index (χ0v) is 13.2. The summed E-state index contributed by atoms with van der Waals surface area (Å²) >= 11 is 0.793. The van der Waals surface area contributed by atoms with Crippen molar-refractivity contribution in [3.05, 3.63) is 0 Å². The van der Waals surface area contributed by atoms with Crippen LogP contribution in [0.15, 0.2) is 0 Å². The van der Waals surface area contributed by atoms with Crippen LogP contribution in [0.1, 0.15) is 19.8 Å². The molecule has 0 aliphatic heterocycles. The van der Waals surface area contributed by atoms with E-state index in [1.165, 1.54) is 6.92 Å². The van der Waals surface area contributed by atoms with Gasteiger partial charge in [0, 0.05) is 19.1 Å². The Labute approximate surface area is 136 Å². The molecule has 11 heteroatoms. The molecule has 0 heterocycles. The van der Waals surface area contributed by atoms with Crippen molar-refractivity contribution in [3.63, 3.8) is 0 Å². The highest BCUT2D eigenvalue weighted by atomic mass is 32.2. The summed E-state index contributed by atoms with van der Waals surface area (Å²) in [6.07, 6.45) is -0.342. The molecular weight excluding hydrogens is 330 g/mol. The standard InChI is InChI=1S/C12H19N3O7S/c1-6(16)23-5-8(11(20)14-4-10(18)19)15-9(17)3-2-7(13)12(21)22/h7-8H,2-5,13H2,1H3,(H,14,20)(H,15,17)(H,18,19)(H,21,22)/t7?,8-/m1/s1. The fraction of sp³-hybridized carbons (Fsp3) is 0.583. The smallest absolute Gasteiger partial charge is 0.322 e. The fourth-order valence-electron chi connectivity index (χ4n) is 1.35. The van der Waals surface area contributed by atoms with Crippen LogP contribution >= 0.6 is 11.8 Å². The average Bonchev–Trinajstić information content (AvgIpc) is 2.45. The molecule has 10 nitrogen and oxygen atoms in total. The van der Waals surface area contributed by atoms with Gasteiger partial charge in [0.1, 0.15) is 18.6 Å². The summed E-state index contributed by atoms with van der Waals surface area (Å²) in [4.78, 5) is 55.5. The summed E-state index contributed by atoms with van der Waals surface area (Å²) in [7, 11) is 0. The molecule has 0 aliphatic rings. The van der Waals surface area contributed by atoms with Crippen molar-refractivity contribution in [1.29, 1.82) is 0 Å². The second kappa shape index (κ2) is 10.6. The van der Waals surface area contributed by atoms with Crippen molar-refractivity contribution in [2.24, 2.45) is 5.73 Å². The molecule has 1 unspecified atom stereocenters. The first-order valence-electron chi connectivity index (χ1n) is 6.54. The number of hydrogen-bond donors (Lipinski definition) is 5. The van der Waals surface area contributed by atoms with Gasteiger partial charge in [-0.25, -0.2) is 0 Å². The molecule has 23 heavy (non-hydrogen) atoms. The number of carboxylic acids is 2. The van der Waals surface area contributed by atoms with Crippen LogP contribution in [0, 0.1) is 0 Å². The predicted octanol–water partition coefficient (Wildman–Crippen LogP) is -1.86. The van der Waals surface area contributed by atoms with Gasteiger partial charge in [-0.3, -0.25) is 24.0 Å². The normalized spacial score (nSPS) is 12.8. The highest BCUT2D eigenvalue weighted by Crippen LogP contribution is 2.05. The van der Waals surface area contributed by atoms with Crippen LogP contribution in [-0.4, -0.2) is 63.5 Å². The highest BCUT2D eigenvalue weighted by molar-refractivity contribution is 8.13. The predicted molar refractivity (Wildman–Crippen MR) is 80.6 cm³/mol. The van der Waals surface area contributed by atoms with Gasteiger partial charge in [-0.1, -0.05) is 11.8 Å². The molecule has 0 rings (SSSR count). The first-order chi connectivity index (χ1) is 10.6. The Hall–Kier alpha value is -2.14. The zero-order valence-electron chi connectivity index (χ0n) is 12.4. The average molecular weight is 349 g/mol. The third kappa shape index (κ3) is 10.3. The monoisotopic (exact) mass is 349 g/mol. The molecule has 0 aromatic rings. The molecule has 2 atom stereocenters. The summed E-state index contributed by atoms with van der Waals surface area (Å²) in [6, 6.07) is -2.32. The van der Waals surface area contributed by atoms with Crippen molar-refractivity contribution in [3.8, 4) is 0 Å². The Morgan fingerprint density at radius 1 is 1.17 bits per heavy atom. The first-order valence-corrected chi connectivity index (χ1v) is 7.52. The van der Waals surface area contributed by atoms with E-state index >= 15 is 0 Å². The van der Waals surface area contributed by atoms with Gasteiger partial charge in [-0.15, -0.1) is 0 Å². The molecule has 2 amide bonds. The quantitative estimate of drug-likeness (QED) is 0.303. The number of carboxylic acid groups (broad SMARTS) is 2. The van der Waals surface area contributed by atoms with E-state index in [1.807, 2.05) is 0 Å². The number of hydrogen-bond acceptors (Lipinski definition) is 7. The molecule has 0 saturated carbocycles. The number of nitrogens with one attached hydrogen (secondary N) is 2. The van der Waals surface area contributed by atoms with E-state index in [1.54, 1.807) is 0 Å². The first kappa shape index (κ1) is 20.9. The van der Waals surface area contributed by atoms with Crippen molar-refractivity contribution in [2.75, 3.05) is 12.3 Å². The van der Waals surface area contributed by atoms with Crippen molar-refractivity contribution < 1.29 is 34.2 Å². The molecule has 0 aromatic heterocycles. The van der Waals surface area contributed by atoms with Crippen LogP contribution in [0.3, 0.4) is 0 Å². The van der Waals surface area contributed by atoms with E-state index in [0.29, 0.717) is 0 Å².